The lowest BCUT2D eigenvalue weighted by Crippen LogP contribution is -2.18. The van der Waals surface area contributed by atoms with Gasteiger partial charge in [-0.2, -0.15) is 13.2 Å². The fourth-order valence-corrected chi connectivity index (χ4v) is 4.50. The number of fused-ring (bicyclic) bond motifs is 1. The zero-order chi connectivity index (χ0) is 29.7. The van der Waals surface area contributed by atoms with Crippen LogP contribution in [0.25, 0.3) is 10.9 Å². The average Bonchev–Trinajstić information content (AvgIpc) is 3.31. The van der Waals surface area contributed by atoms with Crippen LogP contribution in [-0.4, -0.2) is 23.0 Å². The molecular weight excluding hydrogens is 550 g/mol. The zero-order valence-corrected chi connectivity index (χ0v) is 22.1. The summed E-state index contributed by atoms with van der Waals surface area (Å²) in [5, 5.41) is 6.03. The van der Waals surface area contributed by atoms with Crippen LogP contribution in [0.4, 0.5) is 28.9 Å². The van der Waals surface area contributed by atoms with Crippen molar-refractivity contribution < 1.29 is 31.9 Å². The van der Waals surface area contributed by atoms with E-state index in [9.17, 15) is 27.2 Å². The normalized spacial score (nSPS) is 11.4. The molecule has 10 heteroatoms. The Morgan fingerprint density at radius 1 is 0.762 bits per heavy atom. The van der Waals surface area contributed by atoms with Crippen molar-refractivity contribution in [2.75, 3.05) is 17.2 Å². The van der Waals surface area contributed by atoms with Crippen LogP contribution in [-0.2, 0) is 28.9 Å². The maximum Gasteiger partial charge on any atom is 0.416 e. The number of anilines is 2. The molecule has 0 aliphatic rings. The second-order valence-electron chi connectivity index (χ2n) is 9.58. The van der Waals surface area contributed by atoms with Gasteiger partial charge in [-0.05, 0) is 71.8 Å². The van der Waals surface area contributed by atoms with Gasteiger partial charge in [0, 0.05) is 28.8 Å². The number of hydrogen-bond donors (Lipinski definition) is 2. The smallest absolute Gasteiger partial charge is 0.367 e. The lowest BCUT2D eigenvalue weighted by Gasteiger charge is -2.13. The molecule has 6 nitrogen and oxygen atoms in total. The number of benzene rings is 4. The molecular formula is C32H25F4N3O3. The number of nitrogens with one attached hydrogen (secondary N) is 2. The second kappa shape index (κ2) is 12.3. The summed E-state index contributed by atoms with van der Waals surface area (Å²) >= 11 is 0. The van der Waals surface area contributed by atoms with Gasteiger partial charge in [0.25, 0.3) is 5.91 Å². The molecule has 0 bridgehead atoms. The molecule has 0 aliphatic heterocycles. The fraction of sp³-hybridized carbons (Fsp3) is 0.125. The second-order valence-corrected chi connectivity index (χ2v) is 9.58. The van der Waals surface area contributed by atoms with Crippen LogP contribution in [0.3, 0.4) is 0 Å². The number of hydrogen-bond acceptors (Lipinski definition) is 3. The van der Waals surface area contributed by atoms with Gasteiger partial charge in [-0.25, -0.2) is 4.39 Å². The van der Waals surface area contributed by atoms with Crippen molar-refractivity contribution in [3.8, 4) is 0 Å². The van der Waals surface area contributed by atoms with Crippen molar-refractivity contribution in [1.82, 2.24) is 4.57 Å². The fourth-order valence-electron chi connectivity index (χ4n) is 4.50. The van der Waals surface area contributed by atoms with Crippen molar-refractivity contribution in [1.29, 1.82) is 0 Å². The molecule has 0 atom stereocenters. The number of carbonyl (C=O) groups excluding carboxylic acids is 2. The van der Waals surface area contributed by atoms with Gasteiger partial charge in [0.05, 0.1) is 12.2 Å². The van der Waals surface area contributed by atoms with E-state index in [-0.39, 0.29) is 37.0 Å². The Hall–Kier alpha value is -4.96. The van der Waals surface area contributed by atoms with Crippen LogP contribution in [0.1, 0.15) is 27.2 Å². The van der Waals surface area contributed by atoms with Crippen molar-refractivity contribution >= 4 is 34.1 Å². The molecule has 0 saturated heterocycles. The van der Waals surface area contributed by atoms with E-state index in [1.807, 2.05) is 30.3 Å². The van der Waals surface area contributed by atoms with E-state index in [1.54, 1.807) is 41.0 Å². The van der Waals surface area contributed by atoms with Gasteiger partial charge in [-0.3, -0.25) is 9.59 Å². The number of nitrogens with zero attached hydrogens (tertiary/aromatic N) is 1. The van der Waals surface area contributed by atoms with Gasteiger partial charge in [-0.1, -0.05) is 42.5 Å². The topological polar surface area (TPSA) is 72.4 Å². The van der Waals surface area contributed by atoms with Gasteiger partial charge < -0.3 is 19.9 Å². The predicted octanol–water partition coefficient (Wildman–Crippen LogP) is 7.26. The summed E-state index contributed by atoms with van der Waals surface area (Å²) in [5.74, 6) is -1.36. The lowest BCUT2D eigenvalue weighted by atomic mass is 10.2. The number of ether oxygens (including phenoxy) is 1. The maximum absolute atomic E-state index is 13.9. The molecule has 0 unspecified atom stereocenters. The molecule has 2 amide bonds. The molecule has 0 fully saturated rings. The molecule has 5 aromatic rings. The van der Waals surface area contributed by atoms with Gasteiger partial charge in [-0.15, -0.1) is 0 Å². The Bertz CT molecular complexity index is 1720. The van der Waals surface area contributed by atoms with Crippen LogP contribution < -0.4 is 10.6 Å². The molecule has 4 aromatic carbocycles. The van der Waals surface area contributed by atoms with E-state index in [4.69, 9.17) is 4.74 Å². The molecule has 2 N–H and O–H groups in total. The predicted molar refractivity (Wildman–Crippen MR) is 152 cm³/mol. The zero-order valence-electron chi connectivity index (χ0n) is 22.1. The highest BCUT2D eigenvalue weighted by molar-refractivity contribution is 6.07. The quantitative estimate of drug-likeness (QED) is 0.182. The van der Waals surface area contributed by atoms with Gasteiger partial charge in [0.2, 0.25) is 5.91 Å². The van der Waals surface area contributed by atoms with E-state index < -0.39 is 23.5 Å². The Labute approximate surface area is 238 Å². The summed E-state index contributed by atoms with van der Waals surface area (Å²) in [6.45, 7) is 0.276. The summed E-state index contributed by atoms with van der Waals surface area (Å²) in [6, 6.07) is 26.2. The minimum Gasteiger partial charge on any atom is -0.367 e. The Morgan fingerprint density at radius 3 is 2.19 bits per heavy atom. The van der Waals surface area contributed by atoms with Crippen LogP contribution in [0.15, 0.2) is 103 Å². The molecule has 5 rings (SSSR count). The monoisotopic (exact) mass is 575 g/mol. The Kier molecular flexibility index (Phi) is 8.35. The highest BCUT2D eigenvalue weighted by Crippen LogP contribution is 2.30. The lowest BCUT2D eigenvalue weighted by molar-refractivity contribution is -0.137. The molecule has 0 saturated carbocycles. The molecule has 0 spiro atoms. The minimum atomic E-state index is -4.50. The molecule has 214 valence electrons. The molecule has 0 radical (unpaired) electrons. The van der Waals surface area contributed by atoms with Crippen molar-refractivity contribution in [2.45, 2.75) is 19.3 Å². The number of aromatic nitrogens is 1. The highest BCUT2D eigenvalue weighted by atomic mass is 19.4. The van der Waals surface area contributed by atoms with Crippen LogP contribution in [0.5, 0.6) is 0 Å². The average molecular weight is 576 g/mol. The Morgan fingerprint density at radius 2 is 1.48 bits per heavy atom. The van der Waals surface area contributed by atoms with E-state index in [2.05, 4.69) is 10.6 Å². The first kappa shape index (κ1) is 28.6. The molecule has 0 aliphatic carbocycles. The third-order valence-electron chi connectivity index (χ3n) is 6.46. The summed E-state index contributed by atoms with van der Waals surface area (Å²) in [6.07, 6.45) is -4.50. The van der Waals surface area contributed by atoms with Crippen LogP contribution in [0, 0.1) is 5.82 Å². The van der Waals surface area contributed by atoms with Crippen molar-refractivity contribution in [3.05, 3.63) is 131 Å². The molecule has 42 heavy (non-hydrogen) atoms. The highest BCUT2D eigenvalue weighted by Gasteiger charge is 2.30. The van der Waals surface area contributed by atoms with Gasteiger partial charge in [0.15, 0.2) is 0 Å². The van der Waals surface area contributed by atoms with Crippen molar-refractivity contribution in [3.63, 3.8) is 0 Å². The minimum absolute atomic E-state index is 0.149. The largest absolute Gasteiger partial charge is 0.416 e. The summed E-state index contributed by atoms with van der Waals surface area (Å²) < 4.78 is 59.9. The number of amides is 2. The van der Waals surface area contributed by atoms with Gasteiger partial charge in [0.1, 0.15) is 18.1 Å². The number of alkyl halides is 3. The maximum atomic E-state index is 13.9. The molecule has 1 heterocycles. The number of rotatable bonds is 9. The van der Waals surface area contributed by atoms with E-state index >= 15 is 0 Å². The summed E-state index contributed by atoms with van der Waals surface area (Å²) in [4.78, 5) is 25.8. The standard InChI is InChI=1S/C32H25F4N3O3/c33-25-8-4-7-22(15-25)18-39-28-14-13-27(37-30(40)20-42-19-21-5-2-1-3-6-21)16-23(28)17-29(39)31(41)38-26-11-9-24(10-12-26)32(34,35)36/h1-17H,18-20H2,(H,37,40)(H,38,41). The number of halogens is 4. The van der Waals surface area contributed by atoms with Gasteiger partial charge >= 0.3 is 6.18 Å². The van der Waals surface area contributed by atoms with E-state index in [0.717, 1.165) is 17.7 Å². The Balaban J connectivity index is 1.37. The first-order chi connectivity index (χ1) is 20.2. The van der Waals surface area contributed by atoms with Crippen molar-refractivity contribution in [2.24, 2.45) is 0 Å². The third-order valence-corrected chi connectivity index (χ3v) is 6.46. The van der Waals surface area contributed by atoms with Crippen LogP contribution >= 0.6 is 0 Å². The first-order valence-corrected chi connectivity index (χ1v) is 12.9. The third kappa shape index (κ3) is 7.02. The summed E-state index contributed by atoms with van der Waals surface area (Å²) in [5.41, 5.74) is 2.20. The SMILES string of the molecule is O=C(COCc1ccccc1)Nc1ccc2c(c1)cc(C(=O)Nc1ccc(C(F)(F)F)cc1)n2Cc1cccc(F)c1. The molecule has 1 aromatic heterocycles. The van der Waals surface area contributed by atoms with E-state index in [1.165, 1.54) is 24.3 Å². The van der Waals surface area contributed by atoms with Crippen LogP contribution in [0.2, 0.25) is 0 Å². The first-order valence-electron chi connectivity index (χ1n) is 12.9. The van der Waals surface area contributed by atoms with E-state index in [0.29, 0.717) is 22.2 Å². The number of carbonyl (C=O) groups is 2. The summed E-state index contributed by atoms with van der Waals surface area (Å²) in [7, 11) is 0.